The van der Waals surface area contributed by atoms with Crippen molar-refractivity contribution in [3.05, 3.63) is 0 Å². The van der Waals surface area contributed by atoms with Gasteiger partial charge in [-0.3, -0.25) is 0 Å². The van der Waals surface area contributed by atoms with Gasteiger partial charge in [-0.2, -0.15) is 0 Å². The summed E-state index contributed by atoms with van der Waals surface area (Å²) in [6.45, 7) is 14.6. The van der Waals surface area contributed by atoms with Crippen molar-refractivity contribution in [3.63, 3.8) is 0 Å². The van der Waals surface area contributed by atoms with Gasteiger partial charge in [0.25, 0.3) is 0 Å². The fourth-order valence-electron chi connectivity index (χ4n) is 2.10. The summed E-state index contributed by atoms with van der Waals surface area (Å²) in [6.07, 6.45) is 2.72. The van der Waals surface area contributed by atoms with Crippen LogP contribution >= 0.6 is 0 Å². The van der Waals surface area contributed by atoms with Gasteiger partial charge in [-0.25, -0.2) is 0 Å². The maximum atomic E-state index is 5.19. The quantitative estimate of drug-likeness (QED) is 0.699. The average Bonchev–Trinajstić information content (AvgIpc) is 2.17. The van der Waals surface area contributed by atoms with E-state index in [1.54, 1.807) is 0 Å². The number of hydrogen-bond acceptors (Lipinski definition) is 2. The molecule has 0 N–H and O–H groups in total. The van der Waals surface area contributed by atoms with Crippen LogP contribution in [0.3, 0.4) is 0 Å². The van der Waals surface area contributed by atoms with E-state index >= 15 is 0 Å². The van der Waals surface area contributed by atoms with Crippen LogP contribution < -0.4 is 0 Å². The molecule has 2 aliphatic rings. The molecule has 2 saturated heterocycles. The Morgan fingerprint density at radius 1 is 1.13 bits per heavy atom. The Kier molecular flexibility index (Phi) is 5.07. The fraction of sp³-hybridized carbons (Fsp3) is 1.00. The molecule has 0 aromatic heterocycles. The second kappa shape index (κ2) is 5.86. The topological polar surface area (TPSA) is 12.5 Å². The third-order valence-corrected chi connectivity index (χ3v) is 3.43. The van der Waals surface area contributed by atoms with Gasteiger partial charge in [0.15, 0.2) is 0 Å². The van der Waals surface area contributed by atoms with E-state index in [2.05, 4.69) is 18.7 Å². The minimum Gasteiger partial charge on any atom is -0.381 e. The molecule has 0 aliphatic carbocycles. The summed E-state index contributed by atoms with van der Waals surface area (Å²) in [5.41, 5.74) is 0.590. The summed E-state index contributed by atoms with van der Waals surface area (Å²) < 4.78 is 5.19. The summed E-state index contributed by atoms with van der Waals surface area (Å²) in [6, 6.07) is 0. The molecule has 15 heavy (non-hydrogen) atoms. The highest BCUT2D eigenvalue weighted by Crippen LogP contribution is 2.30. The first-order valence-corrected chi connectivity index (χ1v) is 6.46. The zero-order valence-corrected chi connectivity index (χ0v) is 10.9. The lowest BCUT2D eigenvalue weighted by Gasteiger charge is -2.40. The largest absolute Gasteiger partial charge is 0.381 e. The van der Waals surface area contributed by atoms with E-state index in [0.717, 1.165) is 19.1 Å². The normalized spacial score (nSPS) is 26.4. The predicted molar refractivity (Wildman–Crippen MR) is 65.1 cm³/mol. The minimum absolute atomic E-state index is 0.590. The van der Waals surface area contributed by atoms with Crippen LogP contribution in [-0.4, -0.2) is 37.7 Å². The van der Waals surface area contributed by atoms with E-state index < -0.39 is 0 Å². The van der Waals surface area contributed by atoms with Crippen molar-refractivity contribution < 1.29 is 4.74 Å². The lowest BCUT2D eigenvalue weighted by molar-refractivity contribution is -0.0517. The van der Waals surface area contributed by atoms with Crippen LogP contribution in [0.25, 0.3) is 0 Å². The van der Waals surface area contributed by atoms with Crippen molar-refractivity contribution in [2.75, 3.05) is 32.8 Å². The Morgan fingerprint density at radius 2 is 1.67 bits per heavy atom. The molecular formula is C13H27NO. The number of hydrogen-bond donors (Lipinski definition) is 0. The zero-order valence-electron chi connectivity index (χ0n) is 10.9. The van der Waals surface area contributed by atoms with Crippen LogP contribution in [-0.2, 0) is 4.74 Å². The molecule has 2 rings (SSSR count). The highest BCUT2D eigenvalue weighted by molar-refractivity contribution is 4.80. The first kappa shape index (κ1) is 13.0. The van der Waals surface area contributed by atoms with Gasteiger partial charge in [0.1, 0.15) is 0 Å². The van der Waals surface area contributed by atoms with E-state index in [0.29, 0.717) is 5.41 Å². The lowest BCUT2D eigenvalue weighted by atomic mass is 9.82. The van der Waals surface area contributed by atoms with Crippen molar-refractivity contribution in [3.8, 4) is 0 Å². The Balaban J connectivity index is 0.000000531. The van der Waals surface area contributed by atoms with E-state index in [4.69, 9.17) is 4.74 Å². The van der Waals surface area contributed by atoms with Gasteiger partial charge < -0.3 is 9.64 Å². The molecule has 0 bridgehead atoms. The van der Waals surface area contributed by atoms with Crippen molar-refractivity contribution in [1.29, 1.82) is 0 Å². The number of likely N-dealkylation sites (tertiary alicyclic amines) is 1. The monoisotopic (exact) mass is 213 g/mol. The number of ether oxygens (including phenoxy) is 1. The number of nitrogens with zero attached hydrogens (tertiary/aromatic N) is 1. The summed E-state index contributed by atoms with van der Waals surface area (Å²) >= 11 is 0. The van der Waals surface area contributed by atoms with Crippen molar-refractivity contribution in [1.82, 2.24) is 4.90 Å². The van der Waals surface area contributed by atoms with Crippen LogP contribution in [0.4, 0.5) is 0 Å². The van der Waals surface area contributed by atoms with E-state index in [9.17, 15) is 0 Å². The molecule has 2 heteroatoms. The Labute approximate surface area is 95.0 Å². The molecular weight excluding hydrogens is 186 g/mol. The molecule has 0 aromatic rings. The molecule has 2 aliphatic heterocycles. The van der Waals surface area contributed by atoms with Gasteiger partial charge in [0.05, 0.1) is 13.2 Å². The standard InChI is InChI=1S/C11H21NO.C2H6/c1-11(2)3-5-12(6-4-11)7-10-8-13-9-10;1-2/h10H,3-9H2,1-2H3;1-2H3. The van der Waals surface area contributed by atoms with Gasteiger partial charge in [-0.05, 0) is 31.3 Å². The smallest absolute Gasteiger partial charge is 0.0528 e. The molecule has 0 unspecified atom stereocenters. The van der Waals surface area contributed by atoms with Crippen LogP contribution in [0.15, 0.2) is 0 Å². The number of rotatable bonds is 2. The van der Waals surface area contributed by atoms with Crippen molar-refractivity contribution in [2.24, 2.45) is 11.3 Å². The maximum absolute atomic E-state index is 5.19. The Hall–Kier alpha value is -0.0800. The van der Waals surface area contributed by atoms with Gasteiger partial charge >= 0.3 is 0 Å². The summed E-state index contributed by atoms with van der Waals surface area (Å²) in [5.74, 6) is 0.834. The predicted octanol–water partition coefficient (Wildman–Crippen LogP) is 2.78. The Morgan fingerprint density at radius 3 is 2.07 bits per heavy atom. The molecule has 2 heterocycles. The second-order valence-corrected chi connectivity index (χ2v) is 5.37. The van der Waals surface area contributed by atoms with Gasteiger partial charge in [-0.15, -0.1) is 0 Å². The van der Waals surface area contributed by atoms with Crippen molar-refractivity contribution in [2.45, 2.75) is 40.5 Å². The van der Waals surface area contributed by atoms with Gasteiger partial charge in [0, 0.05) is 12.5 Å². The average molecular weight is 213 g/mol. The third-order valence-electron chi connectivity index (χ3n) is 3.43. The highest BCUT2D eigenvalue weighted by atomic mass is 16.5. The molecule has 90 valence electrons. The van der Waals surface area contributed by atoms with Crippen molar-refractivity contribution >= 4 is 0 Å². The van der Waals surface area contributed by atoms with Crippen LogP contribution in [0.5, 0.6) is 0 Å². The molecule has 0 aromatic carbocycles. The molecule has 0 radical (unpaired) electrons. The maximum Gasteiger partial charge on any atom is 0.0528 e. The molecule has 2 fully saturated rings. The first-order valence-electron chi connectivity index (χ1n) is 6.46. The van der Waals surface area contributed by atoms with Crippen LogP contribution in [0.2, 0.25) is 0 Å². The minimum atomic E-state index is 0.590. The summed E-state index contributed by atoms with van der Waals surface area (Å²) in [4.78, 5) is 2.61. The molecule has 0 saturated carbocycles. The second-order valence-electron chi connectivity index (χ2n) is 5.37. The van der Waals surface area contributed by atoms with E-state index in [1.807, 2.05) is 13.8 Å². The molecule has 2 nitrogen and oxygen atoms in total. The fourth-order valence-corrected chi connectivity index (χ4v) is 2.10. The Bertz CT molecular complexity index is 165. The van der Waals surface area contributed by atoms with Crippen LogP contribution in [0, 0.1) is 11.3 Å². The third kappa shape index (κ3) is 4.12. The van der Waals surface area contributed by atoms with Crippen LogP contribution in [0.1, 0.15) is 40.5 Å². The van der Waals surface area contributed by atoms with Gasteiger partial charge in [-0.1, -0.05) is 27.7 Å². The number of piperidine rings is 1. The molecule has 0 atom stereocenters. The lowest BCUT2D eigenvalue weighted by Crippen LogP contribution is -2.44. The van der Waals surface area contributed by atoms with E-state index in [-0.39, 0.29) is 0 Å². The zero-order chi connectivity index (χ0) is 11.3. The highest BCUT2D eigenvalue weighted by Gasteiger charge is 2.28. The first-order chi connectivity index (χ1) is 7.16. The molecule has 0 spiro atoms. The van der Waals surface area contributed by atoms with E-state index in [1.165, 1.54) is 32.5 Å². The summed E-state index contributed by atoms with van der Waals surface area (Å²) in [5, 5.41) is 0. The SMILES string of the molecule is CC.CC1(C)CCN(CC2COC2)CC1. The molecule has 0 amide bonds. The summed E-state index contributed by atoms with van der Waals surface area (Å²) in [7, 11) is 0. The van der Waals surface area contributed by atoms with Gasteiger partial charge in [0.2, 0.25) is 0 Å².